The summed E-state index contributed by atoms with van der Waals surface area (Å²) in [5, 5.41) is 42.8. The molecule has 14 nitrogen and oxygen atoms in total. The molecular formula is C18H20N2O12S2. The second-order valence-corrected chi connectivity index (χ2v) is 9.63. The van der Waals surface area contributed by atoms with Crippen LogP contribution in [0, 0.1) is 0 Å². The Balaban J connectivity index is 2.24. The van der Waals surface area contributed by atoms with Crippen LogP contribution in [0.25, 0.3) is 0 Å². The van der Waals surface area contributed by atoms with Crippen molar-refractivity contribution >= 4 is 32.2 Å². The number of carbonyl (C=O) groups is 2. The maximum atomic E-state index is 11.7. The molecule has 0 radical (unpaired) electrons. The maximum Gasteiger partial charge on any atom is 0.325 e. The van der Waals surface area contributed by atoms with E-state index in [9.17, 15) is 56.0 Å². The molecule has 0 bridgehead atoms. The first-order valence-corrected chi connectivity index (χ1v) is 12.0. The van der Waals surface area contributed by atoms with Gasteiger partial charge in [-0.05, 0) is 12.1 Å². The fourth-order valence-electron chi connectivity index (χ4n) is 3.06. The standard InChI is InChI=1S/C18H20N2O12S2/c21-9-1-3-11(13(7-9)33(27,28)29)15(17(23)24)19-5-6-20-16(18(25)26)12-4-2-10(22)8-14(12)34(30,31)32/h1-4,7-8,15-16,19-22H,5-6H2,(H,23,24)(H,25,26)(H,27,28,29)(H,30,31,32). The van der Waals surface area contributed by atoms with Crippen molar-refractivity contribution in [3.8, 4) is 11.5 Å². The number of hydrogen-bond acceptors (Lipinski definition) is 10. The van der Waals surface area contributed by atoms with Crippen LogP contribution in [0.1, 0.15) is 23.2 Å². The molecule has 0 aliphatic rings. The first-order chi connectivity index (χ1) is 15.6. The molecule has 8 N–H and O–H groups in total. The zero-order valence-electron chi connectivity index (χ0n) is 17.0. The Kier molecular flexibility index (Phi) is 8.19. The molecule has 0 fully saturated rings. The molecule has 0 saturated carbocycles. The quantitative estimate of drug-likeness (QED) is 0.140. The van der Waals surface area contributed by atoms with Crippen LogP contribution in [-0.2, 0) is 29.8 Å². The van der Waals surface area contributed by atoms with E-state index >= 15 is 0 Å². The highest BCUT2D eigenvalue weighted by molar-refractivity contribution is 7.86. The Morgan fingerprint density at radius 2 is 1.03 bits per heavy atom. The highest BCUT2D eigenvalue weighted by Gasteiger charge is 2.29. The Labute approximate surface area is 193 Å². The normalized spacial score (nSPS) is 13.8. The molecule has 0 saturated heterocycles. The number of rotatable bonds is 11. The van der Waals surface area contributed by atoms with Gasteiger partial charge in [0.25, 0.3) is 20.2 Å². The third kappa shape index (κ3) is 6.62. The second-order valence-electron chi connectivity index (χ2n) is 6.85. The van der Waals surface area contributed by atoms with Gasteiger partial charge in [-0.1, -0.05) is 12.1 Å². The summed E-state index contributed by atoms with van der Waals surface area (Å²) < 4.78 is 65.0. The molecule has 2 aromatic rings. The van der Waals surface area contributed by atoms with Crippen LogP contribution in [0.4, 0.5) is 0 Å². The van der Waals surface area contributed by atoms with Crippen molar-refractivity contribution in [1.82, 2.24) is 10.6 Å². The number of phenolic OH excluding ortho intramolecular Hbond substituents is 2. The summed E-state index contributed by atoms with van der Waals surface area (Å²) in [6.45, 7) is -0.600. The van der Waals surface area contributed by atoms with Crippen molar-refractivity contribution in [2.75, 3.05) is 13.1 Å². The lowest BCUT2D eigenvalue weighted by Gasteiger charge is -2.20. The van der Waals surface area contributed by atoms with Crippen LogP contribution in [-0.4, -0.2) is 71.4 Å². The summed E-state index contributed by atoms with van der Waals surface area (Å²) in [5.74, 6) is -4.21. The van der Waals surface area contributed by atoms with Crippen molar-refractivity contribution in [2.45, 2.75) is 21.9 Å². The molecule has 0 aliphatic carbocycles. The van der Waals surface area contributed by atoms with Crippen LogP contribution in [0.15, 0.2) is 46.2 Å². The van der Waals surface area contributed by atoms with Crippen LogP contribution in [0.2, 0.25) is 0 Å². The Bertz CT molecular complexity index is 1210. The summed E-state index contributed by atoms with van der Waals surface area (Å²) in [6.07, 6.45) is 0. The molecule has 2 atom stereocenters. The van der Waals surface area contributed by atoms with Crippen LogP contribution in [0.3, 0.4) is 0 Å². The van der Waals surface area contributed by atoms with Gasteiger partial charge in [-0.15, -0.1) is 0 Å². The lowest BCUT2D eigenvalue weighted by molar-refractivity contribution is -0.141. The Morgan fingerprint density at radius 3 is 1.29 bits per heavy atom. The topological polar surface area (TPSA) is 248 Å². The minimum atomic E-state index is -4.91. The molecule has 16 heteroatoms. The van der Waals surface area contributed by atoms with E-state index < -0.39 is 76.7 Å². The first-order valence-electron chi connectivity index (χ1n) is 9.16. The smallest absolute Gasteiger partial charge is 0.325 e. The minimum absolute atomic E-state index is 0.300. The average Bonchev–Trinajstić information content (AvgIpc) is 2.69. The third-order valence-corrected chi connectivity index (χ3v) is 6.31. The second kappa shape index (κ2) is 10.3. The van der Waals surface area contributed by atoms with E-state index in [1.807, 2.05) is 0 Å². The fraction of sp³-hybridized carbons (Fsp3) is 0.222. The third-order valence-electron chi connectivity index (χ3n) is 4.49. The van der Waals surface area contributed by atoms with Gasteiger partial charge in [-0.25, -0.2) is 0 Å². The molecule has 0 amide bonds. The number of aromatic hydroxyl groups is 2. The van der Waals surface area contributed by atoms with Crippen LogP contribution in [0.5, 0.6) is 11.5 Å². The van der Waals surface area contributed by atoms with E-state index in [0.29, 0.717) is 12.1 Å². The Hall–Kier alpha value is -3.28. The summed E-state index contributed by atoms with van der Waals surface area (Å²) in [7, 11) is -9.81. The van der Waals surface area contributed by atoms with Gasteiger partial charge in [-0.2, -0.15) is 16.8 Å². The van der Waals surface area contributed by atoms with Crippen LogP contribution < -0.4 is 10.6 Å². The number of aliphatic carboxylic acids is 2. The monoisotopic (exact) mass is 520 g/mol. The lowest BCUT2D eigenvalue weighted by atomic mass is 10.1. The molecular weight excluding hydrogens is 500 g/mol. The van der Waals surface area contributed by atoms with E-state index in [-0.39, 0.29) is 13.1 Å². The van der Waals surface area contributed by atoms with Crippen molar-refractivity contribution in [2.24, 2.45) is 0 Å². The predicted molar refractivity (Wildman–Crippen MR) is 113 cm³/mol. The van der Waals surface area contributed by atoms with Gasteiger partial charge < -0.3 is 20.4 Å². The van der Waals surface area contributed by atoms with Gasteiger partial charge in [0.1, 0.15) is 33.4 Å². The van der Waals surface area contributed by atoms with Gasteiger partial charge in [0.2, 0.25) is 0 Å². The van der Waals surface area contributed by atoms with Gasteiger partial charge in [0.15, 0.2) is 0 Å². The minimum Gasteiger partial charge on any atom is -0.508 e. The summed E-state index contributed by atoms with van der Waals surface area (Å²) >= 11 is 0. The van der Waals surface area contributed by atoms with E-state index in [4.69, 9.17) is 0 Å². The zero-order valence-corrected chi connectivity index (χ0v) is 18.6. The van der Waals surface area contributed by atoms with Gasteiger partial charge in [0, 0.05) is 36.3 Å². The number of phenols is 2. The zero-order chi connectivity index (χ0) is 25.8. The van der Waals surface area contributed by atoms with Crippen LogP contribution >= 0.6 is 0 Å². The SMILES string of the molecule is O=C(O)C(NCCNC(C(=O)O)c1ccc(O)cc1S(=O)(=O)O)c1ccc(O)cc1S(=O)(=O)O. The average molecular weight is 520 g/mol. The summed E-state index contributed by atoms with van der Waals surface area (Å²) in [6, 6.07) is 1.84. The van der Waals surface area contributed by atoms with Crippen molar-refractivity contribution in [3.63, 3.8) is 0 Å². The number of hydrogen-bond donors (Lipinski definition) is 8. The molecule has 0 spiro atoms. The molecule has 2 aromatic carbocycles. The highest BCUT2D eigenvalue weighted by Crippen LogP contribution is 2.28. The van der Waals surface area contributed by atoms with E-state index in [1.165, 1.54) is 0 Å². The van der Waals surface area contributed by atoms with Gasteiger partial charge in [-0.3, -0.25) is 29.3 Å². The number of carboxylic acids is 2. The molecule has 2 unspecified atom stereocenters. The lowest BCUT2D eigenvalue weighted by Crippen LogP contribution is -2.38. The summed E-state index contributed by atoms with van der Waals surface area (Å²) in [4.78, 5) is 21.6. The molecule has 0 aromatic heterocycles. The summed E-state index contributed by atoms with van der Waals surface area (Å²) in [5.41, 5.74) is -0.815. The maximum absolute atomic E-state index is 11.7. The first kappa shape index (κ1) is 27.0. The fourth-order valence-corrected chi connectivity index (χ4v) is 4.57. The molecule has 186 valence electrons. The highest BCUT2D eigenvalue weighted by atomic mass is 32.2. The van der Waals surface area contributed by atoms with Gasteiger partial charge >= 0.3 is 11.9 Å². The molecule has 0 aliphatic heterocycles. The Morgan fingerprint density at radius 1 is 0.706 bits per heavy atom. The van der Waals surface area contributed by atoms with Crippen molar-refractivity contribution in [3.05, 3.63) is 47.5 Å². The van der Waals surface area contributed by atoms with Crippen molar-refractivity contribution < 1.29 is 56.0 Å². The number of benzene rings is 2. The predicted octanol–water partition coefficient (Wildman–Crippen LogP) is -0.278. The number of nitrogens with one attached hydrogen (secondary N) is 2. The number of carboxylic acid groups (broad SMARTS) is 2. The van der Waals surface area contributed by atoms with Gasteiger partial charge in [0.05, 0.1) is 0 Å². The molecule has 2 rings (SSSR count). The van der Waals surface area contributed by atoms with E-state index in [1.54, 1.807) is 0 Å². The van der Waals surface area contributed by atoms with E-state index in [2.05, 4.69) is 10.6 Å². The van der Waals surface area contributed by atoms with E-state index in [0.717, 1.165) is 24.3 Å². The molecule has 0 heterocycles. The molecule has 34 heavy (non-hydrogen) atoms. The van der Waals surface area contributed by atoms with Crippen molar-refractivity contribution in [1.29, 1.82) is 0 Å². The largest absolute Gasteiger partial charge is 0.508 e.